The van der Waals surface area contributed by atoms with E-state index in [0.717, 1.165) is 19.6 Å². The van der Waals surface area contributed by atoms with Crippen LogP contribution in [0.15, 0.2) is 0 Å². The molecular formula is C7H14NO. The van der Waals surface area contributed by atoms with Crippen LogP contribution in [0.25, 0.3) is 0 Å². The molecule has 0 spiro atoms. The number of nitrogens with zero attached hydrogens (tertiary/aromatic N) is 1. The second-order valence-electron chi connectivity index (χ2n) is 2.46. The Hall–Kier alpha value is -0.0800. The summed E-state index contributed by atoms with van der Waals surface area (Å²) >= 11 is 0. The largest absolute Gasteiger partial charge is 0.378 e. The quantitative estimate of drug-likeness (QED) is 0.551. The molecule has 2 nitrogen and oxygen atoms in total. The molecule has 1 atom stereocenters. The van der Waals surface area contributed by atoms with E-state index in [1.54, 1.807) is 0 Å². The van der Waals surface area contributed by atoms with Gasteiger partial charge in [-0.1, -0.05) is 0 Å². The van der Waals surface area contributed by atoms with Crippen LogP contribution in [0.2, 0.25) is 0 Å². The Morgan fingerprint density at radius 2 is 2.56 bits per heavy atom. The van der Waals surface area contributed by atoms with Crippen LogP contribution in [0.1, 0.15) is 19.3 Å². The standard InChI is InChI=1S/C7H14NO/c1-8-5-4-7-3-2-6-9-7/h7H,2-6H2,1H3. The molecule has 0 N–H and O–H groups in total. The van der Waals surface area contributed by atoms with Crippen molar-refractivity contribution in [3.8, 4) is 0 Å². The van der Waals surface area contributed by atoms with Crippen molar-refractivity contribution in [3.63, 3.8) is 0 Å². The van der Waals surface area contributed by atoms with Gasteiger partial charge in [0.1, 0.15) is 0 Å². The summed E-state index contributed by atoms with van der Waals surface area (Å²) in [4.78, 5) is 0. The third kappa shape index (κ3) is 2.33. The van der Waals surface area contributed by atoms with Gasteiger partial charge in [-0.25, -0.2) is 5.32 Å². The van der Waals surface area contributed by atoms with Gasteiger partial charge in [-0.05, 0) is 19.3 Å². The monoisotopic (exact) mass is 128 g/mol. The van der Waals surface area contributed by atoms with Crippen molar-refractivity contribution < 1.29 is 4.74 Å². The van der Waals surface area contributed by atoms with Crippen LogP contribution in [0.3, 0.4) is 0 Å². The summed E-state index contributed by atoms with van der Waals surface area (Å²) in [5.74, 6) is 0. The lowest BCUT2D eigenvalue weighted by Gasteiger charge is -2.05. The highest BCUT2D eigenvalue weighted by Gasteiger charge is 2.13. The fraction of sp³-hybridized carbons (Fsp3) is 1.00. The van der Waals surface area contributed by atoms with Crippen molar-refractivity contribution >= 4 is 0 Å². The third-order valence-electron chi connectivity index (χ3n) is 1.70. The Balaban J connectivity index is 1.98. The second kappa shape index (κ2) is 3.85. The molecule has 0 bridgehead atoms. The molecule has 2 heteroatoms. The molecule has 1 rings (SSSR count). The highest BCUT2D eigenvalue weighted by atomic mass is 16.5. The lowest BCUT2D eigenvalue weighted by atomic mass is 10.2. The van der Waals surface area contributed by atoms with E-state index in [-0.39, 0.29) is 0 Å². The molecule has 0 amide bonds. The van der Waals surface area contributed by atoms with E-state index >= 15 is 0 Å². The first-order valence-electron chi connectivity index (χ1n) is 3.60. The lowest BCUT2D eigenvalue weighted by molar-refractivity contribution is 0.104. The van der Waals surface area contributed by atoms with Gasteiger partial charge in [0.05, 0.1) is 6.10 Å². The van der Waals surface area contributed by atoms with Gasteiger partial charge >= 0.3 is 0 Å². The van der Waals surface area contributed by atoms with E-state index in [1.165, 1.54) is 12.8 Å². The van der Waals surface area contributed by atoms with Gasteiger partial charge in [-0.15, -0.1) is 0 Å². The van der Waals surface area contributed by atoms with Crippen LogP contribution in [-0.2, 0) is 4.74 Å². The SMILES string of the molecule is C[N]CCC1CCCO1. The molecule has 1 radical (unpaired) electrons. The third-order valence-corrected chi connectivity index (χ3v) is 1.70. The maximum Gasteiger partial charge on any atom is 0.0588 e. The van der Waals surface area contributed by atoms with Crippen LogP contribution >= 0.6 is 0 Å². The highest BCUT2D eigenvalue weighted by Crippen LogP contribution is 2.14. The van der Waals surface area contributed by atoms with Crippen molar-refractivity contribution in [3.05, 3.63) is 0 Å². The van der Waals surface area contributed by atoms with Crippen LogP contribution in [-0.4, -0.2) is 26.3 Å². The van der Waals surface area contributed by atoms with Gasteiger partial charge in [0.2, 0.25) is 0 Å². The van der Waals surface area contributed by atoms with Gasteiger partial charge in [-0.2, -0.15) is 0 Å². The molecule has 9 heavy (non-hydrogen) atoms. The first kappa shape index (κ1) is 7.03. The normalized spacial score (nSPS) is 27.0. The van der Waals surface area contributed by atoms with Crippen molar-refractivity contribution in [2.24, 2.45) is 0 Å². The van der Waals surface area contributed by atoms with E-state index in [4.69, 9.17) is 4.74 Å². The minimum absolute atomic E-state index is 0.522. The van der Waals surface area contributed by atoms with Gasteiger partial charge in [-0.3, -0.25) is 0 Å². The molecular weight excluding hydrogens is 114 g/mol. The van der Waals surface area contributed by atoms with Gasteiger partial charge in [0.15, 0.2) is 0 Å². The average molecular weight is 128 g/mol. The molecule has 1 heterocycles. The predicted octanol–water partition coefficient (Wildman–Crippen LogP) is 0.790. The fourth-order valence-corrected chi connectivity index (χ4v) is 1.15. The molecule has 1 aliphatic rings. The summed E-state index contributed by atoms with van der Waals surface area (Å²) in [7, 11) is 1.86. The Morgan fingerprint density at radius 1 is 1.67 bits per heavy atom. The summed E-state index contributed by atoms with van der Waals surface area (Å²) in [6, 6.07) is 0. The van der Waals surface area contributed by atoms with Gasteiger partial charge in [0.25, 0.3) is 0 Å². The second-order valence-corrected chi connectivity index (χ2v) is 2.46. The van der Waals surface area contributed by atoms with Gasteiger partial charge in [0, 0.05) is 20.2 Å². The van der Waals surface area contributed by atoms with Gasteiger partial charge < -0.3 is 4.74 Å². The van der Waals surface area contributed by atoms with Crippen molar-refractivity contribution in [1.82, 2.24) is 5.32 Å². The number of ether oxygens (including phenoxy) is 1. The Morgan fingerprint density at radius 3 is 3.11 bits per heavy atom. The molecule has 0 aromatic carbocycles. The van der Waals surface area contributed by atoms with Crippen molar-refractivity contribution in [1.29, 1.82) is 0 Å². The smallest absolute Gasteiger partial charge is 0.0588 e. The van der Waals surface area contributed by atoms with E-state index in [0.29, 0.717) is 6.10 Å². The summed E-state index contributed by atoms with van der Waals surface area (Å²) in [5, 5.41) is 4.02. The zero-order valence-electron chi connectivity index (χ0n) is 5.97. The molecule has 0 aromatic rings. The fourth-order valence-electron chi connectivity index (χ4n) is 1.15. The number of rotatable bonds is 3. The van der Waals surface area contributed by atoms with Crippen molar-refractivity contribution in [2.75, 3.05) is 20.2 Å². The van der Waals surface area contributed by atoms with Crippen LogP contribution < -0.4 is 5.32 Å². The minimum Gasteiger partial charge on any atom is -0.378 e. The summed E-state index contributed by atoms with van der Waals surface area (Å²) in [5.41, 5.74) is 0. The van der Waals surface area contributed by atoms with Crippen LogP contribution in [0, 0.1) is 0 Å². The Kier molecular flexibility index (Phi) is 3.01. The van der Waals surface area contributed by atoms with Crippen molar-refractivity contribution in [2.45, 2.75) is 25.4 Å². The van der Waals surface area contributed by atoms with E-state index in [2.05, 4.69) is 5.32 Å². The Labute approximate surface area is 56.6 Å². The van der Waals surface area contributed by atoms with Crippen LogP contribution in [0.4, 0.5) is 0 Å². The first-order valence-corrected chi connectivity index (χ1v) is 3.60. The maximum absolute atomic E-state index is 5.40. The molecule has 1 unspecified atom stereocenters. The zero-order valence-corrected chi connectivity index (χ0v) is 5.97. The van der Waals surface area contributed by atoms with E-state index < -0.39 is 0 Å². The molecule has 0 aliphatic carbocycles. The van der Waals surface area contributed by atoms with Crippen LogP contribution in [0.5, 0.6) is 0 Å². The molecule has 1 fully saturated rings. The maximum atomic E-state index is 5.40. The van der Waals surface area contributed by atoms with E-state index in [9.17, 15) is 0 Å². The average Bonchev–Trinajstić information content (AvgIpc) is 2.34. The molecule has 0 aromatic heterocycles. The summed E-state index contributed by atoms with van der Waals surface area (Å²) < 4.78 is 5.40. The Bertz CT molecular complexity index is 69.3. The number of hydrogen-bond donors (Lipinski definition) is 0. The molecule has 1 aliphatic heterocycles. The summed E-state index contributed by atoms with van der Waals surface area (Å²) in [6.07, 6.45) is 4.13. The molecule has 53 valence electrons. The topological polar surface area (TPSA) is 23.3 Å². The van der Waals surface area contributed by atoms with E-state index in [1.807, 2.05) is 7.05 Å². The number of hydrogen-bond acceptors (Lipinski definition) is 1. The minimum atomic E-state index is 0.522. The zero-order chi connectivity index (χ0) is 6.53. The predicted molar refractivity (Wildman–Crippen MR) is 36.5 cm³/mol. The first-order chi connectivity index (χ1) is 4.43. The highest BCUT2D eigenvalue weighted by molar-refractivity contribution is 4.64. The molecule has 1 saturated heterocycles. The summed E-state index contributed by atoms with van der Waals surface area (Å²) in [6.45, 7) is 1.93. The lowest BCUT2D eigenvalue weighted by Crippen LogP contribution is -2.11. The molecule has 0 saturated carbocycles.